The summed E-state index contributed by atoms with van der Waals surface area (Å²) in [5.74, 6) is 2.46. The molecule has 2 nitrogen and oxygen atoms in total. The zero-order chi connectivity index (χ0) is 30.2. The summed E-state index contributed by atoms with van der Waals surface area (Å²) in [6.45, 7) is 16.3. The second-order valence-electron chi connectivity index (χ2n) is 13.1. The lowest BCUT2D eigenvalue weighted by molar-refractivity contribution is -0.556. The molecule has 43 heavy (non-hydrogen) atoms. The molecule has 2 aromatic heterocycles. The van der Waals surface area contributed by atoms with Gasteiger partial charge in [-0.2, -0.15) is 4.57 Å². The van der Waals surface area contributed by atoms with Crippen LogP contribution in [0.4, 0.5) is 0 Å². The third-order valence-electron chi connectivity index (χ3n) is 9.28. The van der Waals surface area contributed by atoms with Crippen LogP contribution in [0.25, 0.3) is 59.1 Å². The molecule has 0 radical (unpaired) electrons. The van der Waals surface area contributed by atoms with Crippen molar-refractivity contribution in [3.63, 3.8) is 0 Å². The molecule has 0 spiro atoms. The Morgan fingerprint density at radius 3 is 1.98 bits per heavy atom. The summed E-state index contributed by atoms with van der Waals surface area (Å²) < 4.78 is 7.77. The Morgan fingerprint density at radius 2 is 1.30 bits per heavy atom. The van der Waals surface area contributed by atoms with E-state index in [1.165, 1.54) is 81.3 Å². The van der Waals surface area contributed by atoms with E-state index in [-0.39, 0.29) is 0 Å². The SMILES string of the molecule is Cc1cc2sc3ccccc3c2cc1-c1n(C)c2ccc3ccccc3c2[n+]1-c1c(C(C)C)cc(C(C)C)cc1C(C)C. The monoisotopic (exact) mass is 581 g/mol. The maximum Gasteiger partial charge on any atom is 0.295 e. The van der Waals surface area contributed by atoms with E-state index in [9.17, 15) is 0 Å². The van der Waals surface area contributed by atoms with Crippen molar-refractivity contribution in [1.82, 2.24) is 4.57 Å². The number of fused-ring (bicyclic) bond motifs is 6. The number of imidazole rings is 1. The summed E-state index contributed by atoms with van der Waals surface area (Å²) in [6, 6.07) is 32.1. The summed E-state index contributed by atoms with van der Waals surface area (Å²) in [7, 11) is 2.25. The minimum atomic E-state index is 0.376. The van der Waals surface area contributed by atoms with Crippen molar-refractivity contribution in [2.24, 2.45) is 7.05 Å². The highest BCUT2D eigenvalue weighted by molar-refractivity contribution is 7.25. The Labute approximate surface area is 259 Å². The highest BCUT2D eigenvalue weighted by Gasteiger charge is 2.33. The summed E-state index contributed by atoms with van der Waals surface area (Å²) in [4.78, 5) is 0. The average molecular weight is 582 g/mol. The molecule has 0 aliphatic rings. The summed E-state index contributed by atoms with van der Waals surface area (Å²) in [6.07, 6.45) is 0. The van der Waals surface area contributed by atoms with Crippen molar-refractivity contribution in [3.05, 3.63) is 107 Å². The molecule has 216 valence electrons. The molecular formula is C40H41N2S+. The van der Waals surface area contributed by atoms with E-state index in [2.05, 4.69) is 150 Å². The molecule has 0 saturated carbocycles. The Balaban J connectivity index is 1.71. The van der Waals surface area contributed by atoms with Crippen LogP contribution < -0.4 is 4.57 Å². The number of benzene rings is 5. The second-order valence-corrected chi connectivity index (χ2v) is 14.2. The van der Waals surface area contributed by atoms with Crippen molar-refractivity contribution in [3.8, 4) is 17.1 Å². The number of aromatic nitrogens is 2. The minimum Gasteiger partial charge on any atom is -0.225 e. The van der Waals surface area contributed by atoms with E-state index in [0.717, 1.165) is 0 Å². The molecule has 5 aromatic carbocycles. The zero-order valence-corrected chi connectivity index (χ0v) is 27.4. The summed E-state index contributed by atoms with van der Waals surface area (Å²) in [5, 5.41) is 5.24. The fraction of sp³-hybridized carbons (Fsp3) is 0.275. The Kier molecular flexibility index (Phi) is 6.70. The van der Waals surface area contributed by atoms with Gasteiger partial charge in [-0.1, -0.05) is 90.1 Å². The first-order chi connectivity index (χ1) is 20.7. The Morgan fingerprint density at radius 1 is 0.651 bits per heavy atom. The number of hydrogen-bond donors (Lipinski definition) is 0. The molecule has 0 atom stereocenters. The molecule has 0 aliphatic heterocycles. The molecule has 0 N–H and O–H groups in total. The lowest BCUT2D eigenvalue weighted by Crippen LogP contribution is -2.36. The van der Waals surface area contributed by atoms with Gasteiger partial charge in [0.25, 0.3) is 5.82 Å². The van der Waals surface area contributed by atoms with E-state index < -0.39 is 0 Å². The van der Waals surface area contributed by atoms with Crippen molar-refractivity contribution >= 4 is 53.3 Å². The highest BCUT2D eigenvalue weighted by Crippen LogP contribution is 2.41. The number of rotatable bonds is 5. The molecule has 2 heterocycles. The largest absolute Gasteiger partial charge is 0.295 e. The zero-order valence-electron chi connectivity index (χ0n) is 26.6. The normalized spacial score (nSPS) is 12.3. The Bertz CT molecular complexity index is 2160. The van der Waals surface area contributed by atoms with Crippen LogP contribution in [0.15, 0.2) is 84.9 Å². The van der Waals surface area contributed by atoms with Gasteiger partial charge in [0.05, 0.1) is 12.6 Å². The predicted molar refractivity (Wildman–Crippen MR) is 187 cm³/mol. The molecule has 7 aromatic rings. The van der Waals surface area contributed by atoms with Gasteiger partial charge in [0.15, 0.2) is 11.0 Å². The first-order valence-corrected chi connectivity index (χ1v) is 16.5. The van der Waals surface area contributed by atoms with Gasteiger partial charge >= 0.3 is 0 Å². The minimum absolute atomic E-state index is 0.376. The van der Waals surface area contributed by atoms with Crippen LogP contribution in [0.2, 0.25) is 0 Å². The summed E-state index contributed by atoms with van der Waals surface area (Å²) >= 11 is 1.89. The van der Waals surface area contributed by atoms with Gasteiger partial charge in [0, 0.05) is 36.7 Å². The fourth-order valence-corrected chi connectivity index (χ4v) is 8.11. The summed E-state index contributed by atoms with van der Waals surface area (Å²) in [5.41, 5.74) is 10.7. The number of nitrogens with zero attached hydrogens (tertiary/aromatic N) is 2. The van der Waals surface area contributed by atoms with Crippen LogP contribution in [0.1, 0.15) is 81.5 Å². The molecular weight excluding hydrogens is 541 g/mol. The van der Waals surface area contributed by atoms with E-state index in [1.807, 2.05) is 11.3 Å². The first kappa shape index (κ1) is 27.9. The molecule has 0 amide bonds. The molecule has 0 aliphatic carbocycles. The molecule has 0 fully saturated rings. The number of hydrogen-bond acceptors (Lipinski definition) is 1. The van der Waals surface area contributed by atoms with Gasteiger partial charge in [0.2, 0.25) is 0 Å². The first-order valence-electron chi connectivity index (χ1n) is 15.7. The molecule has 0 bridgehead atoms. The smallest absolute Gasteiger partial charge is 0.225 e. The van der Waals surface area contributed by atoms with Gasteiger partial charge in [-0.25, -0.2) is 4.57 Å². The number of aryl methyl sites for hydroxylation is 2. The van der Waals surface area contributed by atoms with Gasteiger partial charge in [-0.05, 0) is 77.6 Å². The topological polar surface area (TPSA) is 8.81 Å². The standard InChI is InChI=1S/C40H41N2S/c1-23(2)28-20-31(24(3)4)38(32(21-28)25(5)6)42-39-29-14-10-9-13-27(29)17-18-35(39)41(8)40(42)33-22-34-30-15-11-12-16-36(30)43-37(34)19-26(33)7/h9-25H,1-8H3/q+1. The van der Waals surface area contributed by atoms with Crippen LogP contribution in [0.3, 0.4) is 0 Å². The van der Waals surface area contributed by atoms with Crippen molar-refractivity contribution in [2.75, 3.05) is 0 Å². The van der Waals surface area contributed by atoms with Gasteiger partial charge in [0.1, 0.15) is 5.69 Å². The van der Waals surface area contributed by atoms with Crippen molar-refractivity contribution in [1.29, 1.82) is 0 Å². The van der Waals surface area contributed by atoms with E-state index >= 15 is 0 Å². The average Bonchev–Trinajstić information content (AvgIpc) is 3.49. The van der Waals surface area contributed by atoms with Crippen LogP contribution >= 0.6 is 11.3 Å². The second kappa shape index (κ2) is 10.3. The third-order valence-corrected chi connectivity index (χ3v) is 10.4. The van der Waals surface area contributed by atoms with E-state index in [0.29, 0.717) is 17.8 Å². The van der Waals surface area contributed by atoms with Crippen molar-refractivity contribution < 1.29 is 4.57 Å². The van der Waals surface area contributed by atoms with Gasteiger partial charge < -0.3 is 0 Å². The van der Waals surface area contributed by atoms with Crippen molar-refractivity contribution in [2.45, 2.75) is 66.2 Å². The van der Waals surface area contributed by atoms with Gasteiger partial charge in [-0.3, -0.25) is 0 Å². The van der Waals surface area contributed by atoms with Crippen LogP contribution in [0.5, 0.6) is 0 Å². The van der Waals surface area contributed by atoms with Crippen LogP contribution in [0, 0.1) is 6.92 Å². The molecule has 0 unspecified atom stereocenters. The highest BCUT2D eigenvalue weighted by atomic mass is 32.1. The maximum atomic E-state index is 2.63. The van der Waals surface area contributed by atoms with Crippen LogP contribution in [-0.4, -0.2) is 4.57 Å². The number of thiophene rings is 1. The quantitative estimate of drug-likeness (QED) is 0.179. The Hall–Kier alpha value is -3.95. The fourth-order valence-electron chi connectivity index (χ4n) is 6.93. The lowest BCUT2D eigenvalue weighted by Gasteiger charge is -2.22. The molecule has 7 rings (SSSR count). The van der Waals surface area contributed by atoms with E-state index in [1.54, 1.807) is 0 Å². The van der Waals surface area contributed by atoms with E-state index in [4.69, 9.17) is 0 Å². The lowest BCUT2D eigenvalue weighted by atomic mass is 9.87. The molecule has 0 saturated heterocycles. The molecule has 3 heteroatoms. The predicted octanol–water partition coefficient (Wildman–Crippen LogP) is 11.3. The van der Waals surface area contributed by atoms with Crippen LogP contribution in [-0.2, 0) is 7.05 Å². The third kappa shape index (κ3) is 4.32. The maximum absolute atomic E-state index is 2.63. The van der Waals surface area contributed by atoms with Gasteiger partial charge in [-0.15, -0.1) is 11.3 Å².